The Bertz CT molecular complexity index is 757. The van der Waals surface area contributed by atoms with Gasteiger partial charge in [0.1, 0.15) is 5.82 Å². The molecule has 0 bridgehead atoms. The Morgan fingerprint density at radius 3 is 2.46 bits per heavy atom. The van der Waals surface area contributed by atoms with Gasteiger partial charge in [0.2, 0.25) is 0 Å². The number of hydrogen-bond donors (Lipinski definition) is 1. The Balaban J connectivity index is 1.76. The second-order valence-corrected chi connectivity index (χ2v) is 5.42. The van der Waals surface area contributed by atoms with Crippen molar-refractivity contribution < 1.29 is 18.7 Å². The van der Waals surface area contributed by atoms with Crippen molar-refractivity contribution in [1.82, 2.24) is 4.90 Å². The van der Waals surface area contributed by atoms with Crippen LogP contribution in [0.15, 0.2) is 48.5 Å². The molecule has 0 unspecified atom stereocenters. The summed E-state index contributed by atoms with van der Waals surface area (Å²) in [6.07, 6.45) is 0. The third kappa shape index (κ3) is 3.60. The lowest BCUT2D eigenvalue weighted by Crippen LogP contribution is -2.40. The number of benzene rings is 2. The number of amides is 2. The minimum absolute atomic E-state index is 0.104. The highest BCUT2D eigenvalue weighted by atomic mass is 19.1. The second-order valence-electron chi connectivity index (χ2n) is 5.42. The van der Waals surface area contributed by atoms with E-state index in [4.69, 9.17) is 4.74 Å². The topological polar surface area (TPSA) is 58.6 Å². The molecule has 0 atom stereocenters. The number of rotatable bonds is 3. The standard InChI is InChI=1S/C18H17FN2O3/c19-15-6-1-2-7-16(15)20-17(22)13-4-3-5-14(12-13)18(23)21-8-10-24-11-9-21/h1-7,12H,8-11H2,(H,20,22). The third-order valence-corrected chi connectivity index (χ3v) is 3.79. The van der Waals surface area contributed by atoms with Crippen molar-refractivity contribution in [2.24, 2.45) is 0 Å². The molecule has 1 aliphatic heterocycles. The molecule has 1 heterocycles. The Kier molecular flexibility index (Phi) is 4.86. The number of carbonyl (C=O) groups is 2. The van der Waals surface area contributed by atoms with Gasteiger partial charge in [-0.05, 0) is 30.3 Å². The van der Waals surface area contributed by atoms with Gasteiger partial charge in [-0.3, -0.25) is 9.59 Å². The molecule has 124 valence electrons. The fourth-order valence-electron chi connectivity index (χ4n) is 2.50. The summed E-state index contributed by atoms with van der Waals surface area (Å²) in [5.74, 6) is -1.11. The maximum atomic E-state index is 13.6. The van der Waals surface area contributed by atoms with Crippen molar-refractivity contribution in [3.63, 3.8) is 0 Å². The lowest BCUT2D eigenvalue weighted by atomic mass is 10.1. The summed E-state index contributed by atoms with van der Waals surface area (Å²) in [5, 5.41) is 2.51. The Morgan fingerprint density at radius 1 is 1.00 bits per heavy atom. The molecule has 0 spiro atoms. The van der Waals surface area contributed by atoms with Crippen molar-refractivity contribution in [2.45, 2.75) is 0 Å². The molecule has 2 aromatic carbocycles. The van der Waals surface area contributed by atoms with Crippen LogP contribution < -0.4 is 5.32 Å². The average molecular weight is 328 g/mol. The van der Waals surface area contributed by atoms with E-state index in [-0.39, 0.29) is 11.6 Å². The molecule has 24 heavy (non-hydrogen) atoms. The third-order valence-electron chi connectivity index (χ3n) is 3.79. The normalized spacial score (nSPS) is 14.3. The van der Waals surface area contributed by atoms with Crippen LogP contribution >= 0.6 is 0 Å². The van der Waals surface area contributed by atoms with Crippen LogP contribution in [0.1, 0.15) is 20.7 Å². The zero-order chi connectivity index (χ0) is 16.9. The van der Waals surface area contributed by atoms with Crippen LogP contribution in [-0.4, -0.2) is 43.0 Å². The van der Waals surface area contributed by atoms with E-state index in [0.717, 1.165) is 0 Å². The highest BCUT2D eigenvalue weighted by molar-refractivity contribution is 6.06. The van der Waals surface area contributed by atoms with Gasteiger partial charge in [0.05, 0.1) is 18.9 Å². The number of nitrogens with one attached hydrogen (secondary N) is 1. The van der Waals surface area contributed by atoms with Crippen molar-refractivity contribution in [3.05, 3.63) is 65.5 Å². The van der Waals surface area contributed by atoms with E-state index in [1.807, 2.05) is 0 Å². The molecule has 3 rings (SSSR count). The van der Waals surface area contributed by atoms with Gasteiger partial charge in [-0.25, -0.2) is 4.39 Å². The van der Waals surface area contributed by atoms with E-state index in [9.17, 15) is 14.0 Å². The molecule has 0 saturated carbocycles. The summed E-state index contributed by atoms with van der Waals surface area (Å²) in [5.41, 5.74) is 0.836. The fraction of sp³-hybridized carbons (Fsp3) is 0.222. The minimum atomic E-state index is -0.508. The van der Waals surface area contributed by atoms with Crippen LogP contribution in [0.5, 0.6) is 0 Å². The van der Waals surface area contributed by atoms with E-state index < -0.39 is 11.7 Å². The summed E-state index contributed by atoms with van der Waals surface area (Å²) in [4.78, 5) is 26.5. The lowest BCUT2D eigenvalue weighted by Gasteiger charge is -2.27. The van der Waals surface area contributed by atoms with Gasteiger partial charge >= 0.3 is 0 Å². The Labute approximate surface area is 139 Å². The largest absolute Gasteiger partial charge is 0.378 e. The molecule has 6 heteroatoms. The van der Waals surface area contributed by atoms with Crippen LogP contribution in [0.3, 0.4) is 0 Å². The minimum Gasteiger partial charge on any atom is -0.378 e. The smallest absolute Gasteiger partial charge is 0.255 e. The summed E-state index contributed by atoms with van der Waals surface area (Å²) in [7, 11) is 0. The van der Waals surface area contributed by atoms with Crippen LogP contribution in [-0.2, 0) is 4.74 Å². The van der Waals surface area contributed by atoms with Crippen molar-refractivity contribution >= 4 is 17.5 Å². The summed E-state index contributed by atoms with van der Waals surface area (Å²) in [6.45, 7) is 2.09. The summed E-state index contributed by atoms with van der Waals surface area (Å²) < 4.78 is 18.9. The lowest BCUT2D eigenvalue weighted by molar-refractivity contribution is 0.0303. The molecule has 1 N–H and O–H groups in total. The van der Waals surface area contributed by atoms with Gasteiger partial charge < -0.3 is 15.0 Å². The van der Waals surface area contributed by atoms with Gasteiger partial charge in [-0.15, -0.1) is 0 Å². The number of morpholine rings is 1. The molecule has 0 radical (unpaired) electrons. The summed E-state index contributed by atoms with van der Waals surface area (Å²) >= 11 is 0. The van der Waals surface area contributed by atoms with E-state index >= 15 is 0 Å². The first kappa shape index (κ1) is 16.1. The fourth-order valence-corrected chi connectivity index (χ4v) is 2.50. The number of para-hydroxylation sites is 1. The number of halogens is 1. The second kappa shape index (κ2) is 7.23. The van der Waals surface area contributed by atoms with Gasteiger partial charge in [0.15, 0.2) is 0 Å². The molecule has 1 saturated heterocycles. The molecule has 2 amide bonds. The van der Waals surface area contributed by atoms with E-state index in [1.54, 1.807) is 35.2 Å². The van der Waals surface area contributed by atoms with Crippen molar-refractivity contribution in [3.8, 4) is 0 Å². The van der Waals surface area contributed by atoms with Crippen LogP contribution in [0.25, 0.3) is 0 Å². The number of ether oxygens (including phenoxy) is 1. The zero-order valence-corrected chi connectivity index (χ0v) is 13.0. The Morgan fingerprint density at radius 2 is 1.71 bits per heavy atom. The monoisotopic (exact) mass is 328 g/mol. The Hall–Kier alpha value is -2.73. The predicted molar refractivity (Wildman–Crippen MR) is 87.5 cm³/mol. The van der Waals surface area contributed by atoms with Crippen molar-refractivity contribution in [1.29, 1.82) is 0 Å². The first-order chi connectivity index (χ1) is 11.6. The number of anilines is 1. The number of nitrogens with zero attached hydrogens (tertiary/aromatic N) is 1. The van der Waals surface area contributed by atoms with E-state index in [0.29, 0.717) is 37.4 Å². The van der Waals surface area contributed by atoms with Gasteiger partial charge in [0.25, 0.3) is 11.8 Å². The van der Waals surface area contributed by atoms with Gasteiger partial charge in [-0.2, -0.15) is 0 Å². The highest BCUT2D eigenvalue weighted by Crippen LogP contribution is 2.15. The molecule has 1 aliphatic rings. The predicted octanol–water partition coefficient (Wildman–Crippen LogP) is 2.55. The van der Waals surface area contributed by atoms with E-state index in [2.05, 4.69) is 5.32 Å². The van der Waals surface area contributed by atoms with Gasteiger partial charge in [-0.1, -0.05) is 18.2 Å². The number of hydrogen-bond acceptors (Lipinski definition) is 3. The molecular formula is C18H17FN2O3. The molecule has 0 aromatic heterocycles. The van der Waals surface area contributed by atoms with E-state index in [1.165, 1.54) is 18.2 Å². The first-order valence-electron chi connectivity index (χ1n) is 7.68. The molecule has 1 fully saturated rings. The quantitative estimate of drug-likeness (QED) is 0.942. The van der Waals surface area contributed by atoms with Crippen LogP contribution in [0, 0.1) is 5.82 Å². The number of carbonyl (C=O) groups excluding carboxylic acids is 2. The summed E-state index contributed by atoms with van der Waals surface area (Å²) in [6, 6.07) is 12.4. The zero-order valence-electron chi connectivity index (χ0n) is 13.0. The SMILES string of the molecule is O=C(Nc1ccccc1F)c1cccc(C(=O)N2CCOCC2)c1. The van der Waals surface area contributed by atoms with Crippen LogP contribution in [0.2, 0.25) is 0 Å². The average Bonchev–Trinajstić information content (AvgIpc) is 2.64. The molecule has 2 aromatic rings. The maximum absolute atomic E-state index is 13.6. The van der Waals surface area contributed by atoms with Gasteiger partial charge in [0, 0.05) is 24.2 Å². The van der Waals surface area contributed by atoms with Crippen molar-refractivity contribution in [2.75, 3.05) is 31.6 Å². The van der Waals surface area contributed by atoms with Crippen LogP contribution in [0.4, 0.5) is 10.1 Å². The molecule has 0 aliphatic carbocycles. The molecular weight excluding hydrogens is 311 g/mol. The molecule has 5 nitrogen and oxygen atoms in total. The highest BCUT2D eigenvalue weighted by Gasteiger charge is 2.19. The first-order valence-corrected chi connectivity index (χ1v) is 7.68. The maximum Gasteiger partial charge on any atom is 0.255 e.